The van der Waals surface area contributed by atoms with Crippen LogP contribution in [0, 0.1) is 0 Å². The number of pyridine rings is 1. The molecule has 2 atom stereocenters. The maximum atomic E-state index is 10.3. The van der Waals surface area contributed by atoms with Gasteiger partial charge in [-0.1, -0.05) is 23.2 Å². The van der Waals surface area contributed by atoms with Crippen molar-refractivity contribution in [3.63, 3.8) is 0 Å². The van der Waals surface area contributed by atoms with Gasteiger partial charge in [-0.25, -0.2) is 4.98 Å². The number of imidazole rings is 1. The molecule has 2 bridgehead atoms. The Hall–Kier alpha value is -0.810. The van der Waals surface area contributed by atoms with Crippen molar-refractivity contribution in [3.05, 3.63) is 34.2 Å². The normalized spacial score (nSPS) is 32.0. The van der Waals surface area contributed by atoms with Crippen molar-refractivity contribution in [1.82, 2.24) is 14.3 Å². The molecule has 2 aliphatic heterocycles. The van der Waals surface area contributed by atoms with Gasteiger partial charge in [0.2, 0.25) is 0 Å². The predicted molar refractivity (Wildman–Crippen MR) is 87.4 cm³/mol. The van der Waals surface area contributed by atoms with E-state index in [0.29, 0.717) is 22.1 Å². The predicted octanol–water partition coefficient (Wildman–Crippen LogP) is 3.52. The second-order valence-electron chi connectivity index (χ2n) is 6.93. The Bertz CT molecular complexity index is 711. The number of halogens is 2. The summed E-state index contributed by atoms with van der Waals surface area (Å²) in [4.78, 5) is 7.14. The quantitative estimate of drug-likeness (QED) is 0.909. The van der Waals surface area contributed by atoms with Gasteiger partial charge in [0.05, 0.1) is 21.3 Å². The van der Waals surface area contributed by atoms with E-state index in [2.05, 4.69) is 9.88 Å². The number of rotatable bonds is 2. The number of hydrogen-bond acceptors (Lipinski definition) is 3. The van der Waals surface area contributed by atoms with E-state index in [1.165, 1.54) is 12.8 Å². The highest BCUT2D eigenvalue weighted by atomic mass is 35.5. The maximum absolute atomic E-state index is 10.3. The summed E-state index contributed by atoms with van der Waals surface area (Å²) in [7, 11) is 0. The Kier molecular flexibility index (Phi) is 3.42. The van der Waals surface area contributed by atoms with E-state index in [1.807, 2.05) is 23.7 Å². The summed E-state index contributed by atoms with van der Waals surface area (Å²) in [5, 5.41) is 11.5. The van der Waals surface area contributed by atoms with Crippen LogP contribution in [0.5, 0.6) is 0 Å². The van der Waals surface area contributed by atoms with E-state index >= 15 is 0 Å². The first-order chi connectivity index (χ1) is 10.4. The van der Waals surface area contributed by atoms with E-state index in [1.54, 1.807) is 6.07 Å². The largest absolute Gasteiger partial charge is 0.390 e. The van der Waals surface area contributed by atoms with Gasteiger partial charge >= 0.3 is 0 Å². The van der Waals surface area contributed by atoms with Gasteiger partial charge < -0.3 is 9.51 Å². The maximum Gasteiger partial charge on any atom is 0.156 e. The van der Waals surface area contributed by atoms with Gasteiger partial charge in [0.25, 0.3) is 0 Å². The molecule has 2 aliphatic rings. The summed E-state index contributed by atoms with van der Waals surface area (Å²) >= 11 is 12.3. The van der Waals surface area contributed by atoms with Gasteiger partial charge in [-0.2, -0.15) is 0 Å². The Labute approximate surface area is 139 Å². The molecule has 4 nitrogen and oxygen atoms in total. The first kappa shape index (κ1) is 14.8. The van der Waals surface area contributed by atoms with Crippen LogP contribution in [-0.4, -0.2) is 37.1 Å². The van der Waals surface area contributed by atoms with Crippen LogP contribution in [-0.2, 0) is 6.54 Å². The molecule has 0 amide bonds. The lowest BCUT2D eigenvalue weighted by molar-refractivity contribution is -0.0415. The van der Waals surface area contributed by atoms with Crippen molar-refractivity contribution >= 4 is 28.8 Å². The molecule has 2 aromatic heterocycles. The third-order valence-electron chi connectivity index (χ3n) is 4.99. The van der Waals surface area contributed by atoms with Crippen molar-refractivity contribution in [2.75, 3.05) is 0 Å². The van der Waals surface area contributed by atoms with E-state index < -0.39 is 5.60 Å². The molecule has 0 saturated carbocycles. The minimum Gasteiger partial charge on any atom is -0.390 e. The summed E-state index contributed by atoms with van der Waals surface area (Å²) in [6.45, 7) is 2.77. The average Bonchev–Trinajstić information content (AvgIpc) is 2.91. The average molecular weight is 340 g/mol. The number of nitrogens with zero attached hydrogens (tertiary/aromatic N) is 3. The Balaban J connectivity index is 1.61. The molecule has 0 radical (unpaired) electrons. The first-order valence-corrected chi connectivity index (χ1v) is 8.48. The zero-order chi connectivity index (χ0) is 15.5. The fourth-order valence-electron chi connectivity index (χ4n) is 4.15. The molecule has 6 heteroatoms. The highest BCUT2D eigenvalue weighted by Crippen LogP contribution is 2.41. The topological polar surface area (TPSA) is 40.8 Å². The van der Waals surface area contributed by atoms with E-state index in [-0.39, 0.29) is 0 Å². The molecule has 2 saturated heterocycles. The van der Waals surface area contributed by atoms with Crippen LogP contribution in [0.3, 0.4) is 0 Å². The minimum atomic E-state index is -0.516. The summed E-state index contributed by atoms with van der Waals surface area (Å²) in [5.41, 5.74) is 1.23. The Morgan fingerprint density at radius 2 is 1.95 bits per heavy atom. The molecular formula is C16H19Cl2N3O. The van der Waals surface area contributed by atoms with Gasteiger partial charge in [-0.15, -0.1) is 0 Å². The number of aliphatic hydroxyl groups is 1. The minimum absolute atomic E-state index is 0.456. The van der Waals surface area contributed by atoms with Gasteiger partial charge in [0.15, 0.2) is 5.65 Å². The number of fused-ring (bicyclic) bond motifs is 3. The van der Waals surface area contributed by atoms with Crippen LogP contribution < -0.4 is 0 Å². The van der Waals surface area contributed by atoms with Crippen LogP contribution >= 0.6 is 23.2 Å². The third-order valence-corrected chi connectivity index (χ3v) is 5.47. The molecule has 0 aromatic carbocycles. The molecule has 2 aromatic rings. The Morgan fingerprint density at radius 1 is 1.27 bits per heavy atom. The molecule has 4 heterocycles. The lowest BCUT2D eigenvalue weighted by atomic mass is 9.88. The molecule has 1 N–H and O–H groups in total. The van der Waals surface area contributed by atoms with Crippen molar-refractivity contribution in [2.45, 2.75) is 56.8 Å². The van der Waals surface area contributed by atoms with Crippen molar-refractivity contribution in [1.29, 1.82) is 0 Å². The van der Waals surface area contributed by atoms with Crippen molar-refractivity contribution in [3.8, 4) is 0 Å². The lowest BCUT2D eigenvalue weighted by Crippen LogP contribution is -2.49. The fraction of sp³-hybridized carbons (Fsp3) is 0.562. The summed E-state index contributed by atoms with van der Waals surface area (Å²) in [5.74, 6) is 0. The molecule has 22 heavy (non-hydrogen) atoms. The molecule has 0 spiro atoms. The molecule has 118 valence electrons. The molecule has 2 unspecified atom stereocenters. The van der Waals surface area contributed by atoms with E-state index in [9.17, 15) is 5.11 Å². The van der Waals surface area contributed by atoms with Gasteiger partial charge in [0, 0.05) is 31.0 Å². The summed E-state index contributed by atoms with van der Waals surface area (Å²) in [6, 6.07) is 2.63. The second kappa shape index (κ2) is 5.10. The van der Waals surface area contributed by atoms with E-state index in [0.717, 1.165) is 30.7 Å². The van der Waals surface area contributed by atoms with Crippen LogP contribution in [0.2, 0.25) is 10.0 Å². The van der Waals surface area contributed by atoms with Gasteiger partial charge in [0.1, 0.15) is 0 Å². The molecule has 0 aliphatic carbocycles. The van der Waals surface area contributed by atoms with Crippen molar-refractivity contribution < 1.29 is 5.11 Å². The highest BCUT2D eigenvalue weighted by Gasteiger charge is 2.45. The molecule has 2 fully saturated rings. The monoisotopic (exact) mass is 339 g/mol. The molecule has 4 rings (SSSR count). The number of aromatic nitrogens is 2. The van der Waals surface area contributed by atoms with Gasteiger partial charge in [-0.05, 0) is 38.7 Å². The third kappa shape index (κ3) is 2.52. The Morgan fingerprint density at radius 3 is 2.64 bits per heavy atom. The van der Waals surface area contributed by atoms with Crippen molar-refractivity contribution in [2.24, 2.45) is 0 Å². The zero-order valence-corrected chi connectivity index (χ0v) is 14.0. The zero-order valence-electron chi connectivity index (χ0n) is 12.5. The van der Waals surface area contributed by atoms with Crippen LogP contribution in [0.15, 0.2) is 18.5 Å². The highest BCUT2D eigenvalue weighted by molar-refractivity contribution is 6.36. The molecular weight excluding hydrogens is 321 g/mol. The SMILES string of the molecule is CC1(O)CC2CCC(C1)N2Cc1cn2cc(Cl)cc(Cl)c2n1. The van der Waals surface area contributed by atoms with Crippen LogP contribution in [0.25, 0.3) is 5.65 Å². The number of piperidine rings is 1. The van der Waals surface area contributed by atoms with Crippen LogP contribution in [0.4, 0.5) is 0 Å². The second-order valence-corrected chi connectivity index (χ2v) is 7.78. The van der Waals surface area contributed by atoms with Crippen LogP contribution in [0.1, 0.15) is 38.3 Å². The lowest BCUT2D eigenvalue weighted by Gasteiger charge is -2.41. The van der Waals surface area contributed by atoms with Gasteiger partial charge in [-0.3, -0.25) is 4.90 Å². The first-order valence-electron chi connectivity index (χ1n) is 7.72. The number of hydrogen-bond donors (Lipinski definition) is 1. The summed E-state index contributed by atoms with van der Waals surface area (Å²) in [6.07, 6.45) is 7.86. The summed E-state index contributed by atoms with van der Waals surface area (Å²) < 4.78 is 1.89. The smallest absolute Gasteiger partial charge is 0.156 e. The van der Waals surface area contributed by atoms with E-state index in [4.69, 9.17) is 23.2 Å². The standard InChI is InChI=1S/C16H19Cl2N3O/c1-16(22)5-12-2-3-13(6-16)21(12)9-11-8-20-7-10(17)4-14(18)15(20)19-11/h4,7-8,12-13,22H,2-3,5-6,9H2,1H3. The fourth-order valence-corrected chi connectivity index (χ4v) is 4.68.